The maximum Gasteiger partial charge on any atom is 0.269 e. The van der Waals surface area contributed by atoms with E-state index in [9.17, 15) is 18.5 Å². The van der Waals surface area contributed by atoms with Crippen LogP contribution in [0.15, 0.2) is 29.2 Å². The summed E-state index contributed by atoms with van der Waals surface area (Å²) in [4.78, 5) is 9.85. The second-order valence-corrected chi connectivity index (χ2v) is 5.97. The Morgan fingerprint density at radius 1 is 1.30 bits per heavy atom. The summed E-state index contributed by atoms with van der Waals surface area (Å²) in [5, 5.41) is 22.3. The molecule has 0 aromatic heterocycles. The number of rotatable bonds is 8. The van der Waals surface area contributed by atoms with Gasteiger partial charge in [-0.3, -0.25) is 10.1 Å². The number of aliphatic hydroxyl groups is 1. The van der Waals surface area contributed by atoms with Crippen molar-refractivity contribution in [1.82, 2.24) is 10.0 Å². The molecular weight excluding hydrogens is 286 g/mol. The molecular formula is C11H17N3O5S. The first-order chi connectivity index (χ1) is 9.33. The van der Waals surface area contributed by atoms with Crippen LogP contribution < -0.4 is 10.0 Å². The molecule has 0 aliphatic heterocycles. The molecule has 0 radical (unpaired) electrons. The summed E-state index contributed by atoms with van der Waals surface area (Å²) in [7, 11) is -3.68. The molecule has 9 heteroatoms. The van der Waals surface area contributed by atoms with Gasteiger partial charge >= 0.3 is 0 Å². The maximum absolute atomic E-state index is 11.9. The topological polar surface area (TPSA) is 122 Å². The molecule has 112 valence electrons. The Bertz CT molecular complexity index is 542. The van der Waals surface area contributed by atoms with Gasteiger partial charge in [0.15, 0.2) is 0 Å². The third-order valence-electron chi connectivity index (χ3n) is 2.39. The quantitative estimate of drug-likeness (QED) is 0.348. The summed E-state index contributed by atoms with van der Waals surface area (Å²) in [6.07, 6.45) is -0.499. The fourth-order valence-corrected chi connectivity index (χ4v) is 2.45. The summed E-state index contributed by atoms with van der Waals surface area (Å²) in [6, 6.07) is 4.65. The Kier molecular flexibility index (Phi) is 6.02. The molecule has 1 aromatic rings. The Labute approximate surface area is 117 Å². The van der Waals surface area contributed by atoms with Gasteiger partial charge in [0.2, 0.25) is 10.0 Å². The van der Waals surface area contributed by atoms with Gasteiger partial charge in [-0.05, 0) is 19.1 Å². The Morgan fingerprint density at radius 3 is 2.40 bits per heavy atom. The van der Waals surface area contributed by atoms with Crippen molar-refractivity contribution in [3.8, 4) is 0 Å². The smallest absolute Gasteiger partial charge is 0.269 e. The van der Waals surface area contributed by atoms with Gasteiger partial charge < -0.3 is 10.4 Å². The molecule has 0 heterocycles. The minimum absolute atomic E-state index is 0.0290. The van der Waals surface area contributed by atoms with Crippen molar-refractivity contribution in [2.75, 3.05) is 19.6 Å². The zero-order valence-corrected chi connectivity index (χ0v) is 11.8. The lowest BCUT2D eigenvalue weighted by Gasteiger charge is -2.08. The van der Waals surface area contributed by atoms with Crippen LogP contribution >= 0.6 is 0 Å². The fourth-order valence-electron chi connectivity index (χ4n) is 1.42. The van der Waals surface area contributed by atoms with Gasteiger partial charge in [-0.1, -0.05) is 0 Å². The molecule has 1 unspecified atom stereocenters. The molecule has 0 saturated heterocycles. The van der Waals surface area contributed by atoms with E-state index in [0.29, 0.717) is 13.1 Å². The highest BCUT2D eigenvalue weighted by Crippen LogP contribution is 2.15. The number of nitrogens with one attached hydrogen (secondary N) is 2. The zero-order valence-electron chi connectivity index (χ0n) is 10.9. The highest BCUT2D eigenvalue weighted by molar-refractivity contribution is 7.89. The summed E-state index contributed by atoms with van der Waals surface area (Å²) in [5.41, 5.74) is -0.164. The number of sulfonamides is 1. The molecule has 0 saturated carbocycles. The van der Waals surface area contributed by atoms with Gasteiger partial charge in [0.05, 0.1) is 15.9 Å². The van der Waals surface area contributed by atoms with Crippen LogP contribution in [0.4, 0.5) is 5.69 Å². The largest absolute Gasteiger partial charge is 0.392 e. The number of hydrogen-bond donors (Lipinski definition) is 3. The number of nitrogens with zero attached hydrogens (tertiary/aromatic N) is 1. The van der Waals surface area contributed by atoms with Gasteiger partial charge in [-0.25, -0.2) is 13.1 Å². The van der Waals surface area contributed by atoms with Crippen molar-refractivity contribution in [2.45, 2.75) is 17.9 Å². The first kappa shape index (κ1) is 16.5. The predicted molar refractivity (Wildman–Crippen MR) is 72.8 cm³/mol. The van der Waals surface area contributed by atoms with E-state index in [1.807, 2.05) is 0 Å². The van der Waals surface area contributed by atoms with E-state index < -0.39 is 21.1 Å². The van der Waals surface area contributed by atoms with Gasteiger partial charge in [-0.15, -0.1) is 0 Å². The first-order valence-corrected chi connectivity index (χ1v) is 7.44. The van der Waals surface area contributed by atoms with Crippen molar-refractivity contribution >= 4 is 15.7 Å². The lowest BCUT2D eigenvalue weighted by molar-refractivity contribution is -0.384. The summed E-state index contributed by atoms with van der Waals surface area (Å²) in [6.45, 7) is 2.52. The normalized spacial score (nSPS) is 13.1. The van der Waals surface area contributed by atoms with E-state index in [2.05, 4.69) is 10.0 Å². The Morgan fingerprint density at radius 2 is 1.90 bits per heavy atom. The van der Waals surface area contributed by atoms with Gasteiger partial charge in [0, 0.05) is 31.8 Å². The lowest BCUT2D eigenvalue weighted by atomic mass is 10.3. The van der Waals surface area contributed by atoms with Crippen LogP contribution in [-0.4, -0.2) is 44.2 Å². The van der Waals surface area contributed by atoms with Crippen molar-refractivity contribution in [1.29, 1.82) is 0 Å². The fraction of sp³-hybridized carbons (Fsp3) is 0.455. The van der Waals surface area contributed by atoms with Crippen molar-refractivity contribution in [3.63, 3.8) is 0 Å². The number of non-ortho nitro benzene ring substituents is 1. The third-order valence-corrected chi connectivity index (χ3v) is 3.87. The van der Waals surface area contributed by atoms with E-state index in [4.69, 9.17) is 5.11 Å². The van der Waals surface area contributed by atoms with E-state index >= 15 is 0 Å². The van der Waals surface area contributed by atoms with E-state index in [0.717, 1.165) is 12.1 Å². The highest BCUT2D eigenvalue weighted by Gasteiger charge is 2.14. The highest BCUT2D eigenvalue weighted by atomic mass is 32.2. The van der Waals surface area contributed by atoms with E-state index in [1.54, 1.807) is 6.92 Å². The number of nitro benzene ring substituents is 1. The molecule has 20 heavy (non-hydrogen) atoms. The van der Waals surface area contributed by atoms with Crippen LogP contribution in [0.5, 0.6) is 0 Å². The minimum Gasteiger partial charge on any atom is -0.392 e. The number of aliphatic hydroxyl groups excluding tert-OH is 1. The molecule has 8 nitrogen and oxygen atoms in total. The van der Waals surface area contributed by atoms with Crippen LogP contribution in [0, 0.1) is 10.1 Å². The predicted octanol–water partition coefficient (Wildman–Crippen LogP) is -0.156. The molecule has 3 N–H and O–H groups in total. The molecule has 1 rings (SSSR count). The second kappa shape index (κ2) is 7.29. The molecule has 0 bridgehead atoms. The monoisotopic (exact) mass is 303 g/mol. The standard InChI is InChI=1S/C11H17N3O5S/c1-9(15)8-12-6-7-13-20(18,19)11-4-2-10(3-5-11)14(16)17/h2-5,9,12-13,15H,6-8H2,1H3. The second-order valence-electron chi connectivity index (χ2n) is 4.20. The van der Waals surface area contributed by atoms with E-state index in [1.165, 1.54) is 12.1 Å². The summed E-state index contributed by atoms with van der Waals surface area (Å²) < 4.78 is 26.1. The van der Waals surface area contributed by atoms with Crippen molar-refractivity contribution in [3.05, 3.63) is 34.4 Å². The first-order valence-electron chi connectivity index (χ1n) is 5.96. The number of nitro groups is 1. The molecule has 0 aliphatic rings. The molecule has 0 fully saturated rings. The van der Waals surface area contributed by atoms with Gasteiger partial charge in [0.25, 0.3) is 5.69 Å². The van der Waals surface area contributed by atoms with Crippen LogP contribution in [0.25, 0.3) is 0 Å². The third kappa shape index (κ3) is 5.21. The number of hydrogen-bond acceptors (Lipinski definition) is 6. The number of benzene rings is 1. The average molecular weight is 303 g/mol. The molecule has 1 atom stereocenters. The van der Waals surface area contributed by atoms with Crippen LogP contribution in [0.2, 0.25) is 0 Å². The molecule has 0 spiro atoms. The van der Waals surface area contributed by atoms with Crippen LogP contribution in [0.1, 0.15) is 6.92 Å². The van der Waals surface area contributed by atoms with Gasteiger partial charge in [0.1, 0.15) is 0 Å². The summed E-state index contributed by atoms with van der Waals surface area (Å²) in [5.74, 6) is 0. The molecule has 0 aliphatic carbocycles. The minimum atomic E-state index is -3.68. The van der Waals surface area contributed by atoms with Crippen LogP contribution in [-0.2, 0) is 10.0 Å². The maximum atomic E-state index is 11.9. The zero-order chi connectivity index (χ0) is 15.2. The Hall–Kier alpha value is -1.55. The van der Waals surface area contributed by atoms with E-state index in [-0.39, 0.29) is 17.1 Å². The van der Waals surface area contributed by atoms with Crippen LogP contribution in [0.3, 0.4) is 0 Å². The lowest BCUT2D eigenvalue weighted by Crippen LogP contribution is -2.34. The van der Waals surface area contributed by atoms with Gasteiger partial charge in [-0.2, -0.15) is 0 Å². The Balaban J connectivity index is 2.54. The molecule has 1 aromatic carbocycles. The molecule has 0 amide bonds. The summed E-state index contributed by atoms with van der Waals surface area (Å²) >= 11 is 0. The van der Waals surface area contributed by atoms with Crippen molar-refractivity contribution < 1.29 is 18.4 Å². The van der Waals surface area contributed by atoms with Crippen molar-refractivity contribution in [2.24, 2.45) is 0 Å². The SMILES string of the molecule is CC(O)CNCCNS(=O)(=O)c1ccc([N+](=O)[O-])cc1. The average Bonchev–Trinajstić information content (AvgIpc) is 2.38.